The number of nitrogens with one attached hydrogen (secondary N) is 1. The summed E-state index contributed by atoms with van der Waals surface area (Å²) in [5.74, 6) is -0.209. The molecule has 0 aromatic heterocycles. The Labute approximate surface area is 259 Å². The number of likely N-dealkylation sites (N-methyl/N-ethyl adjacent to an activating group) is 1. The zero-order chi connectivity index (χ0) is 31.5. The predicted octanol–water partition coefficient (Wildman–Crippen LogP) is 7.44. The van der Waals surface area contributed by atoms with Gasteiger partial charge in [-0.25, -0.2) is 0 Å². The van der Waals surface area contributed by atoms with Crippen molar-refractivity contribution >= 4 is 13.7 Å². The van der Waals surface area contributed by atoms with E-state index < -0.39 is 20.0 Å². The van der Waals surface area contributed by atoms with Gasteiger partial charge in [-0.05, 0) is 19.3 Å². The molecule has 3 atom stereocenters. The van der Waals surface area contributed by atoms with Crippen LogP contribution in [0.15, 0.2) is 12.2 Å². The quantitative estimate of drug-likeness (QED) is 0.0375. The van der Waals surface area contributed by atoms with E-state index in [1.165, 1.54) is 83.5 Å². The van der Waals surface area contributed by atoms with Gasteiger partial charge in [0.2, 0.25) is 5.91 Å². The van der Waals surface area contributed by atoms with Gasteiger partial charge < -0.3 is 28.8 Å². The molecule has 0 fully saturated rings. The van der Waals surface area contributed by atoms with Gasteiger partial charge in [0.15, 0.2) is 0 Å². The van der Waals surface area contributed by atoms with Gasteiger partial charge in [-0.1, -0.05) is 129 Å². The topological polar surface area (TPSA) is 108 Å². The Morgan fingerprint density at radius 3 is 1.79 bits per heavy atom. The van der Waals surface area contributed by atoms with Crippen LogP contribution in [0, 0.1) is 0 Å². The van der Waals surface area contributed by atoms with Crippen molar-refractivity contribution in [3.63, 3.8) is 0 Å². The Hall–Kier alpha value is -0.760. The number of hydrogen-bond donors (Lipinski definition) is 2. The van der Waals surface area contributed by atoms with Crippen LogP contribution in [0.4, 0.5) is 0 Å². The maximum Gasteiger partial charge on any atom is 0.268 e. The molecule has 250 valence electrons. The summed E-state index contributed by atoms with van der Waals surface area (Å²) in [6.07, 6.45) is 25.6. The van der Waals surface area contributed by atoms with Gasteiger partial charge in [-0.15, -0.1) is 0 Å². The van der Waals surface area contributed by atoms with Gasteiger partial charge in [0.1, 0.15) is 13.2 Å². The van der Waals surface area contributed by atoms with Crippen LogP contribution in [0.25, 0.3) is 0 Å². The van der Waals surface area contributed by atoms with Crippen LogP contribution in [0.2, 0.25) is 0 Å². The number of unbranched alkanes of at least 4 members (excludes halogenated alkanes) is 17. The van der Waals surface area contributed by atoms with E-state index in [0.717, 1.165) is 38.5 Å². The first kappa shape index (κ1) is 41.2. The van der Waals surface area contributed by atoms with E-state index >= 15 is 0 Å². The molecule has 0 bridgehead atoms. The number of carbonyl (C=O) groups excluding carboxylic acids is 1. The fourth-order valence-corrected chi connectivity index (χ4v) is 5.40. The van der Waals surface area contributed by atoms with Crippen LogP contribution in [-0.4, -0.2) is 68.5 Å². The van der Waals surface area contributed by atoms with Crippen molar-refractivity contribution in [3.8, 4) is 0 Å². The number of hydrogen-bond acceptors (Lipinski definition) is 6. The SMILES string of the molecule is CCCCCCCCCCCCCC/C=C/C(O)C(COP(=O)([O-])OCC[N+](C)(C)C)NC(=O)CCCCCCCC. The van der Waals surface area contributed by atoms with E-state index in [1.807, 2.05) is 27.2 Å². The summed E-state index contributed by atoms with van der Waals surface area (Å²) in [5.41, 5.74) is 0. The summed E-state index contributed by atoms with van der Waals surface area (Å²) in [4.78, 5) is 24.9. The molecule has 0 aromatic carbocycles. The van der Waals surface area contributed by atoms with Crippen molar-refractivity contribution in [2.75, 3.05) is 40.9 Å². The lowest BCUT2D eigenvalue weighted by Crippen LogP contribution is -2.45. The molecule has 0 aliphatic heterocycles. The van der Waals surface area contributed by atoms with Crippen molar-refractivity contribution in [1.29, 1.82) is 0 Å². The molecule has 0 rings (SSSR count). The fraction of sp³-hybridized carbons (Fsp3) is 0.909. The first-order valence-corrected chi connectivity index (χ1v) is 18.5. The molecule has 0 aliphatic carbocycles. The van der Waals surface area contributed by atoms with Crippen LogP contribution < -0.4 is 10.2 Å². The second-order valence-electron chi connectivity index (χ2n) is 12.9. The highest BCUT2D eigenvalue weighted by atomic mass is 31.2. The van der Waals surface area contributed by atoms with Crippen LogP contribution in [0.3, 0.4) is 0 Å². The molecule has 0 radical (unpaired) electrons. The number of aliphatic hydroxyl groups excluding tert-OH is 1. The number of phosphoric ester groups is 1. The Morgan fingerprint density at radius 1 is 0.810 bits per heavy atom. The van der Waals surface area contributed by atoms with Crippen molar-refractivity contribution in [2.45, 2.75) is 154 Å². The zero-order valence-electron chi connectivity index (χ0n) is 28.0. The molecule has 0 saturated carbocycles. The Bertz CT molecular complexity index is 713. The average molecular weight is 619 g/mol. The van der Waals surface area contributed by atoms with Gasteiger partial charge in [-0.3, -0.25) is 9.36 Å². The number of quaternary nitrogens is 1. The first-order valence-electron chi connectivity index (χ1n) is 17.1. The van der Waals surface area contributed by atoms with Crippen LogP contribution in [0.1, 0.15) is 142 Å². The summed E-state index contributed by atoms with van der Waals surface area (Å²) in [5, 5.41) is 13.6. The van der Waals surface area contributed by atoms with Crippen LogP contribution in [-0.2, 0) is 18.4 Å². The van der Waals surface area contributed by atoms with Gasteiger partial charge in [0, 0.05) is 6.42 Å². The number of amides is 1. The van der Waals surface area contributed by atoms with E-state index in [4.69, 9.17) is 9.05 Å². The third kappa shape index (κ3) is 28.0. The third-order valence-corrected chi connectivity index (χ3v) is 8.46. The summed E-state index contributed by atoms with van der Waals surface area (Å²) < 4.78 is 22.9. The number of carbonyl (C=O) groups is 1. The maximum atomic E-state index is 12.6. The highest BCUT2D eigenvalue weighted by molar-refractivity contribution is 7.45. The molecule has 0 aliphatic rings. The Morgan fingerprint density at radius 2 is 1.29 bits per heavy atom. The Kier molecular flexibility index (Phi) is 26.1. The molecule has 3 unspecified atom stereocenters. The maximum absolute atomic E-state index is 12.6. The summed E-state index contributed by atoms with van der Waals surface area (Å²) in [6.45, 7) is 4.55. The van der Waals surface area contributed by atoms with Crippen molar-refractivity contribution in [1.82, 2.24) is 5.32 Å². The van der Waals surface area contributed by atoms with Crippen LogP contribution >= 0.6 is 7.82 Å². The normalized spacial score (nSPS) is 15.1. The first-order chi connectivity index (χ1) is 20.0. The largest absolute Gasteiger partial charge is 0.756 e. The Balaban J connectivity index is 4.53. The highest BCUT2D eigenvalue weighted by Crippen LogP contribution is 2.38. The number of aliphatic hydroxyl groups is 1. The lowest BCUT2D eigenvalue weighted by atomic mass is 10.0. The van der Waals surface area contributed by atoms with Gasteiger partial charge in [-0.2, -0.15) is 0 Å². The second kappa shape index (κ2) is 26.6. The van der Waals surface area contributed by atoms with Gasteiger partial charge in [0.05, 0.1) is 39.9 Å². The molecular weight excluding hydrogens is 551 g/mol. The molecule has 1 amide bonds. The number of rotatable bonds is 30. The molecule has 0 saturated heterocycles. The number of phosphoric acid groups is 1. The van der Waals surface area contributed by atoms with Crippen molar-refractivity contribution in [2.24, 2.45) is 0 Å². The van der Waals surface area contributed by atoms with Crippen LogP contribution in [0.5, 0.6) is 0 Å². The minimum absolute atomic E-state index is 0.000832. The molecular formula is C33H67N2O6P. The number of nitrogens with zero attached hydrogens (tertiary/aromatic N) is 1. The second-order valence-corrected chi connectivity index (χ2v) is 14.3. The van der Waals surface area contributed by atoms with E-state index in [-0.39, 0.29) is 19.1 Å². The monoisotopic (exact) mass is 618 g/mol. The third-order valence-electron chi connectivity index (χ3n) is 7.50. The van der Waals surface area contributed by atoms with Gasteiger partial charge in [0.25, 0.3) is 7.82 Å². The molecule has 0 aromatic rings. The lowest BCUT2D eigenvalue weighted by molar-refractivity contribution is -0.870. The zero-order valence-corrected chi connectivity index (χ0v) is 28.9. The standard InChI is InChI=1S/C33H67N2O6P/c1-6-8-10-12-14-15-16-17-18-19-20-21-22-24-26-32(36)31(34-33(37)27-25-23-13-11-9-7-2)30-41-42(38,39)40-29-28-35(3,4)5/h24,26,31-32,36H,6-23,25,27-30H2,1-5H3,(H-,34,37,38,39)/b26-24+. The number of allylic oxidation sites excluding steroid dienone is 1. The highest BCUT2D eigenvalue weighted by Gasteiger charge is 2.23. The lowest BCUT2D eigenvalue weighted by Gasteiger charge is -2.29. The average Bonchev–Trinajstić information content (AvgIpc) is 2.92. The molecule has 42 heavy (non-hydrogen) atoms. The predicted molar refractivity (Wildman–Crippen MR) is 173 cm³/mol. The van der Waals surface area contributed by atoms with Crippen molar-refractivity contribution < 1.29 is 32.9 Å². The fourth-order valence-electron chi connectivity index (χ4n) is 4.68. The summed E-state index contributed by atoms with van der Waals surface area (Å²) in [7, 11) is 1.26. The smallest absolute Gasteiger partial charge is 0.268 e. The summed E-state index contributed by atoms with van der Waals surface area (Å²) in [6, 6.07) is -0.875. The van der Waals surface area contributed by atoms with Crippen molar-refractivity contribution in [3.05, 3.63) is 12.2 Å². The van der Waals surface area contributed by atoms with E-state index in [9.17, 15) is 19.4 Å². The molecule has 2 N–H and O–H groups in total. The summed E-state index contributed by atoms with van der Waals surface area (Å²) >= 11 is 0. The minimum atomic E-state index is -4.56. The van der Waals surface area contributed by atoms with Gasteiger partial charge >= 0.3 is 0 Å². The van der Waals surface area contributed by atoms with E-state index in [2.05, 4.69) is 19.2 Å². The molecule has 0 heterocycles. The minimum Gasteiger partial charge on any atom is -0.756 e. The molecule has 9 heteroatoms. The molecule has 0 spiro atoms. The molecule has 8 nitrogen and oxygen atoms in total. The van der Waals surface area contributed by atoms with E-state index in [1.54, 1.807) is 6.08 Å². The van der Waals surface area contributed by atoms with E-state index in [0.29, 0.717) is 17.4 Å².